The molecule has 0 aliphatic carbocycles. The van der Waals surface area contributed by atoms with Crippen molar-refractivity contribution in [1.82, 2.24) is 16.0 Å². The zero-order valence-corrected chi connectivity index (χ0v) is 15.3. The van der Waals surface area contributed by atoms with E-state index >= 15 is 0 Å². The van der Waals surface area contributed by atoms with Gasteiger partial charge in [0.2, 0.25) is 5.91 Å². The molecular formula is C20H24FN5O. The predicted octanol–water partition coefficient (Wildman–Crippen LogP) is 1.63. The molecule has 1 saturated heterocycles. The molecule has 0 atom stereocenters. The Kier molecular flexibility index (Phi) is 6.25. The molecule has 0 radical (unpaired) electrons. The number of carbonyl (C=O) groups is 1. The molecular weight excluding hydrogens is 345 g/mol. The molecule has 7 heteroatoms. The molecule has 0 spiro atoms. The van der Waals surface area contributed by atoms with Crippen LogP contribution in [0.5, 0.6) is 0 Å². The van der Waals surface area contributed by atoms with Crippen molar-refractivity contribution in [2.75, 3.05) is 31.6 Å². The summed E-state index contributed by atoms with van der Waals surface area (Å²) in [5.41, 5.74) is 2.72. The van der Waals surface area contributed by atoms with Crippen LogP contribution in [-0.2, 0) is 17.9 Å². The molecule has 142 valence electrons. The maximum Gasteiger partial charge on any atom is 0.239 e. The monoisotopic (exact) mass is 369 g/mol. The molecule has 1 fully saturated rings. The number of nitrogens with zero attached hydrogens (tertiary/aromatic N) is 2. The average Bonchev–Trinajstić information content (AvgIpc) is 2.70. The lowest BCUT2D eigenvalue weighted by atomic mass is 10.2. The van der Waals surface area contributed by atoms with E-state index in [4.69, 9.17) is 0 Å². The molecule has 27 heavy (non-hydrogen) atoms. The number of anilines is 1. The summed E-state index contributed by atoms with van der Waals surface area (Å²) in [6.45, 7) is 2.84. The number of benzene rings is 2. The van der Waals surface area contributed by atoms with E-state index in [1.807, 2.05) is 30.3 Å². The Morgan fingerprint density at radius 3 is 2.59 bits per heavy atom. The molecule has 2 aromatic carbocycles. The highest BCUT2D eigenvalue weighted by Gasteiger charge is 2.16. The van der Waals surface area contributed by atoms with Gasteiger partial charge in [0.05, 0.1) is 6.54 Å². The fourth-order valence-electron chi connectivity index (χ4n) is 2.91. The summed E-state index contributed by atoms with van der Waals surface area (Å²) in [5.74, 6) is 0.425. The van der Waals surface area contributed by atoms with E-state index < -0.39 is 0 Å². The number of rotatable bonds is 5. The predicted molar refractivity (Wildman–Crippen MR) is 105 cm³/mol. The minimum Gasteiger partial charge on any atom is -0.360 e. The second kappa shape index (κ2) is 9.02. The Morgan fingerprint density at radius 1 is 1.15 bits per heavy atom. The summed E-state index contributed by atoms with van der Waals surface area (Å²) in [7, 11) is 1.68. The molecule has 3 rings (SSSR count). The lowest BCUT2D eigenvalue weighted by Crippen LogP contribution is -2.47. The summed E-state index contributed by atoms with van der Waals surface area (Å²) in [5, 5.41) is 9.16. The van der Waals surface area contributed by atoms with Crippen LogP contribution in [0.2, 0.25) is 0 Å². The second-order valence-corrected chi connectivity index (χ2v) is 6.31. The largest absolute Gasteiger partial charge is 0.360 e. The Labute approximate surface area is 158 Å². The van der Waals surface area contributed by atoms with Crippen molar-refractivity contribution < 1.29 is 9.18 Å². The van der Waals surface area contributed by atoms with Gasteiger partial charge in [-0.3, -0.25) is 9.79 Å². The molecule has 0 saturated carbocycles. The van der Waals surface area contributed by atoms with Gasteiger partial charge in [-0.15, -0.1) is 0 Å². The van der Waals surface area contributed by atoms with Gasteiger partial charge in [-0.25, -0.2) is 4.39 Å². The molecule has 0 bridgehead atoms. The minimum atomic E-state index is -0.234. The van der Waals surface area contributed by atoms with Crippen molar-refractivity contribution in [2.24, 2.45) is 4.99 Å². The van der Waals surface area contributed by atoms with Crippen molar-refractivity contribution in [3.63, 3.8) is 0 Å². The summed E-state index contributed by atoms with van der Waals surface area (Å²) in [4.78, 5) is 17.7. The zero-order valence-electron chi connectivity index (χ0n) is 15.3. The van der Waals surface area contributed by atoms with Crippen molar-refractivity contribution in [3.05, 3.63) is 65.5 Å². The van der Waals surface area contributed by atoms with E-state index in [1.165, 1.54) is 6.07 Å². The Bertz CT molecular complexity index is 806. The molecule has 6 nitrogen and oxygen atoms in total. The van der Waals surface area contributed by atoms with Crippen molar-refractivity contribution >= 4 is 17.6 Å². The van der Waals surface area contributed by atoms with Crippen LogP contribution in [0, 0.1) is 5.82 Å². The average molecular weight is 369 g/mol. The fraction of sp³-hybridized carbons (Fsp3) is 0.300. The summed E-state index contributed by atoms with van der Waals surface area (Å²) in [6.07, 6.45) is 0. The van der Waals surface area contributed by atoms with Crippen molar-refractivity contribution in [1.29, 1.82) is 0 Å². The number of piperazine rings is 1. The summed E-state index contributed by atoms with van der Waals surface area (Å²) in [6, 6.07) is 14.8. The third-order valence-electron chi connectivity index (χ3n) is 4.43. The van der Waals surface area contributed by atoms with E-state index in [0.717, 1.165) is 17.8 Å². The van der Waals surface area contributed by atoms with Crippen LogP contribution in [0.4, 0.5) is 10.1 Å². The van der Waals surface area contributed by atoms with Crippen molar-refractivity contribution in [2.45, 2.75) is 13.1 Å². The molecule has 2 aromatic rings. The van der Waals surface area contributed by atoms with Crippen LogP contribution in [0.3, 0.4) is 0 Å². The SMILES string of the molecule is CN=C(NCc1ccc(N2CCNC(=O)C2)cc1)NCc1ccccc1F. The van der Waals surface area contributed by atoms with Gasteiger partial charge >= 0.3 is 0 Å². The zero-order chi connectivity index (χ0) is 19.1. The first-order valence-electron chi connectivity index (χ1n) is 8.94. The smallest absolute Gasteiger partial charge is 0.239 e. The van der Waals surface area contributed by atoms with E-state index in [1.54, 1.807) is 19.2 Å². The highest BCUT2D eigenvalue weighted by Crippen LogP contribution is 2.16. The number of hydrogen-bond donors (Lipinski definition) is 3. The first kappa shape index (κ1) is 18.7. The number of amides is 1. The van der Waals surface area contributed by atoms with Crippen LogP contribution < -0.4 is 20.9 Å². The third kappa shape index (κ3) is 5.20. The maximum absolute atomic E-state index is 13.7. The molecule has 1 aliphatic rings. The first-order valence-corrected chi connectivity index (χ1v) is 8.94. The number of hydrogen-bond acceptors (Lipinski definition) is 3. The van der Waals surface area contributed by atoms with Gasteiger partial charge in [0, 0.05) is 44.5 Å². The molecule has 0 aromatic heterocycles. The van der Waals surface area contributed by atoms with Gasteiger partial charge in [0.25, 0.3) is 0 Å². The van der Waals surface area contributed by atoms with Gasteiger partial charge in [0.1, 0.15) is 5.82 Å². The second-order valence-electron chi connectivity index (χ2n) is 6.31. The summed E-state index contributed by atoms with van der Waals surface area (Å²) >= 11 is 0. The van der Waals surface area contributed by atoms with Gasteiger partial charge < -0.3 is 20.9 Å². The van der Waals surface area contributed by atoms with Crippen LogP contribution in [-0.4, -0.2) is 38.5 Å². The van der Waals surface area contributed by atoms with Crippen LogP contribution in [0.25, 0.3) is 0 Å². The van der Waals surface area contributed by atoms with Gasteiger partial charge in [-0.1, -0.05) is 30.3 Å². The molecule has 0 unspecified atom stereocenters. The first-order chi connectivity index (χ1) is 13.2. The number of carbonyl (C=O) groups excluding carboxylic acids is 1. The van der Waals surface area contributed by atoms with E-state index in [2.05, 4.69) is 25.8 Å². The third-order valence-corrected chi connectivity index (χ3v) is 4.43. The normalized spacial score (nSPS) is 14.7. The van der Waals surface area contributed by atoms with Gasteiger partial charge in [-0.05, 0) is 23.8 Å². The summed E-state index contributed by atoms with van der Waals surface area (Å²) < 4.78 is 13.7. The van der Waals surface area contributed by atoms with Crippen molar-refractivity contribution in [3.8, 4) is 0 Å². The Hall–Kier alpha value is -3.09. The lowest BCUT2D eigenvalue weighted by molar-refractivity contribution is -0.120. The molecule has 3 N–H and O–H groups in total. The molecule has 1 aliphatic heterocycles. The molecule has 1 heterocycles. The minimum absolute atomic E-state index is 0.0525. The molecule has 1 amide bonds. The van der Waals surface area contributed by atoms with E-state index in [0.29, 0.717) is 37.7 Å². The number of aliphatic imine (C=N–C) groups is 1. The number of guanidine groups is 1. The Balaban J connectivity index is 1.51. The quantitative estimate of drug-likeness (QED) is 0.554. The standard InChI is InChI=1S/C20H24FN5O/c1-22-20(25-13-16-4-2-3-5-18(16)21)24-12-15-6-8-17(9-7-15)26-11-10-23-19(27)14-26/h2-9H,10-14H2,1H3,(H,23,27)(H2,22,24,25). The van der Waals surface area contributed by atoms with Gasteiger partial charge in [0.15, 0.2) is 5.96 Å². The number of nitrogens with one attached hydrogen (secondary N) is 3. The fourth-order valence-corrected chi connectivity index (χ4v) is 2.91. The lowest BCUT2D eigenvalue weighted by Gasteiger charge is -2.28. The maximum atomic E-state index is 13.7. The number of halogens is 1. The topological polar surface area (TPSA) is 68.8 Å². The highest BCUT2D eigenvalue weighted by molar-refractivity contribution is 5.82. The highest BCUT2D eigenvalue weighted by atomic mass is 19.1. The van der Waals surface area contributed by atoms with Crippen LogP contribution in [0.15, 0.2) is 53.5 Å². The van der Waals surface area contributed by atoms with Crippen LogP contribution >= 0.6 is 0 Å². The van der Waals surface area contributed by atoms with E-state index in [9.17, 15) is 9.18 Å². The van der Waals surface area contributed by atoms with Crippen LogP contribution in [0.1, 0.15) is 11.1 Å². The van der Waals surface area contributed by atoms with Gasteiger partial charge in [-0.2, -0.15) is 0 Å². The Morgan fingerprint density at radius 2 is 1.89 bits per heavy atom. The van der Waals surface area contributed by atoms with E-state index in [-0.39, 0.29) is 11.7 Å².